The minimum atomic E-state index is 1.09. The van der Waals surface area contributed by atoms with E-state index in [0.717, 1.165) is 18.5 Å². The molecule has 1 heterocycles. The minimum absolute atomic E-state index is 1.09. The van der Waals surface area contributed by atoms with Crippen LogP contribution in [0.25, 0.3) is 16.8 Å². The Labute approximate surface area is 95.0 Å². The van der Waals surface area contributed by atoms with Crippen molar-refractivity contribution in [1.82, 2.24) is 10.2 Å². The summed E-state index contributed by atoms with van der Waals surface area (Å²) in [4.78, 5) is 0. The molecule has 3 rings (SSSR count). The summed E-state index contributed by atoms with van der Waals surface area (Å²) in [6.07, 6.45) is 4.49. The quantitative estimate of drug-likeness (QED) is 0.767. The molecule has 0 aliphatic heterocycles. The predicted molar refractivity (Wildman–Crippen MR) is 66.0 cm³/mol. The molecular formula is C14H14N2. The Morgan fingerprint density at radius 3 is 2.81 bits per heavy atom. The van der Waals surface area contributed by atoms with Gasteiger partial charge in [0.05, 0.1) is 11.4 Å². The first-order valence-electron chi connectivity index (χ1n) is 5.66. The molecule has 80 valence electrons. The van der Waals surface area contributed by atoms with E-state index in [0.29, 0.717) is 0 Å². The Bertz CT molecular complexity index is 535. The standard InChI is InChI=1S/C14H14N2/c1-10-6-5-9-12-13(10)15-16-14(12)11-7-3-2-4-8-11/h2-4,6-8H,5,9H2,1H3,(H,15,16). The van der Waals surface area contributed by atoms with Gasteiger partial charge in [-0.3, -0.25) is 5.10 Å². The summed E-state index contributed by atoms with van der Waals surface area (Å²) in [6, 6.07) is 10.4. The SMILES string of the molecule is CC1=CCCc2c(-c3ccccc3)n[nH]c21. The van der Waals surface area contributed by atoms with Crippen LogP contribution in [-0.2, 0) is 6.42 Å². The number of nitrogens with zero attached hydrogens (tertiary/aromatic N) is 1. The van der Waals surface area contributed by atoms with E-state index in [-0.39, 0.29) is 0 Å². The van der Waals surface area contributed by atoms with Gasteiger partial charge in [0, 0.05) is 11.1 Å². The Morgan fingerprint density at radius 2 is 2.00 bits per heavy atom. The fraction of sp³-hybridized carbons (Fsp3) is 0.214. The average Bonchev–Trinajstić information content (AvgIpc) is 2.75. The Kier molecular flexibility index (Phi) is 2.13. The maximum Gasteiger partial charge on any atom is 0.0959 e. The first-order valence-corrected chi connectivity index (χ1v) is 5.66. The molecule has 0 saturated heterocycles. The van der Waals surface area contributed by atoms with Gasteiger partial charge in [-0.05, 0) is 25.3 Å². The van der Waals surface area contributed by atoms with Crippen molar-refractivity contribution in [3.63, 3.8) is 0 Å². The molecule has 0 atom stereocenters. The number of fused-ring (bicyclic) bond motifs is 1. The molecule has 16 heavy (non-hydrogen) atoms. The molecule has 1 aliphatic carbocycles. The summed E-state index contributed by atoms with van der Waals surface area (Å²) in [5, 5.41) is 7.61. The van der Waals surface area contributed by atoms with Crippen LogP contribution in [0.5, 0.6) is 0 Å². The third-order valence-corrected chi connectivity index (χ3v) is 3.15. The lowest BCUT2D eigenvalue weighted by Gasteiger charge is -2.10. The zero-order valence-electron chi connectivity index (χ0n) is 9.33. The largest absolute Gasteiger partial charge is 0.277 e. The molecule has 0 unspecified atom stereocenters. The van der Waals surface area contributed by atoms with Crippen molar-refractivity contribution < 1.29 is 0 Å². The molecule has 0 radical (unpaired) electrons. The fourth-order valence-electron chi connectivity index (χ4n) is 2.30. The van der Waals surface area contributed by atoms with E-state index < -0.39 is 0 Å². The first kappa shape index (κ1) is 9.40. The smallest absolute Gasteiger partial charge is 0.0959 e. The number of nitrogens with one attached hydrogen (secondary N) is 1. The highest BCUT2D eigenvalue weighted by Gasteiger charge is 2.17. The van der Waals surface area contributed by atoms with Gasteiger partial charge in [0.1, 0.15) is 0 Å². The second-order valence-corrected chi connectivity index (χ2v) is 4.22. The molecule has 0 spiro atoms. The van der Waals surface area contributed by atoms with Gasteiger partial charge in [-0.1, -0.05) is 36.4 Å². The molecule has 0 bridgehead atoms. The van der Waals surface area contributed by atoms with Crippen LogP contribution in [0.4, 0.5) is 0 Å². The van der Waals surface area contributed by atoms with Crippen molar-refractivity contribution in [3.05, 3.63) is 47.7 Å². The van der Waals surface area contributed by atoms with Crippen LogP contribution < -0.4 is 0 Å². The van der Waals surface area contributed by atoms with E-state index in [1.54, 1.807) is 0 Å². The minimum Gasteiger partial charge on any atom is -0.277 e. The van der Waals surface area contributed by atoms with Crippen LogP contribution in [0.3, 0.4) is 0 Å². The number of allylic oxidation sites excluding steroid dienone is 2. The van der Waals surface area contributed by atoms with Gasteiger partial charge >= 0.3 is 0 Å². The number of aromatic nitrogens is 2. The van der Waals surface area contributed by atoms with Crippen molar-refractivity contribution in [2.75, 3.05) is 0 Å². The summed E-state index contributed by atoms with van der Waals surface area (Å²) in [5.41, 5.74) is 6.21. The van der Waals surface area contributed by atoms with Crippen LogP contribution in [0.1, 0.15) is 24.6 Å². The molecule has 1 N–H and O–H groups in total. The normalized spacial score (nSPS) is 14.4. The summed E-state index contributed by atoms with van der Waals surface area (Å²) in [5.74, 6) is 0. The second-order valence-electron chi connectivity index (χ2n) is 4.22. The monoisotopic (exact) mass is 210 g/mol. The third-order valence-electron chi connectivity index (χ3n) is 3.15. The molecule has 0 saturated carbocycles. The number of benzene rings is 1. The van der Waals surface area contributed by atoms with Crippen molar-refractivity contribution in [1.29, 1.82) is 0 Å². The number of hydrogen-bond acceptors (Lipinski definition) is 1. The summed E-state index contributed by atoms with van der Waals surface area (Å²) >= 11 is 0. The Morgan fingerprint density at radius 1 is 1.19 bits per heavy atom. The zero-order chi connectivity index (χ0) is 11.0. The molecule has 2 heteroatoms. The molecule has 2 aromatic rings. The molecule has 2 nitrogen and oxygen atoms in total. The van der Waals surface area contributed by atoms with Gasteiger partial charge in [0.2, 0.25) is 0 Å². The van der Waals surface area contributed by atoms with Gasteiger partial charge in [-0.25, -0.2) is 0 Å². The van der Waals surface area contributed by atoms with Crippen molar-refractivity contribution in [2.45, 2.75) is 19.8 Å². The predicted octanol–water partition coefficient (Wildman–Crippen LogP) is 3.43. The number of hydrogen-bond donors (Lipinski definition) is 1. The molecule has 0 fully saturated rings. The van der Waals surface area contributed by atoms with Gasteiger partial charge in [-0.15, -0.1) is 0 Å². The van der Waals surface area contributed by atoms with E-state index in [1.807, 2.05) is 6.07 Å². The lowest BCUT2D eigenvalue weighted by Crippen LogP contribution is -1.96. The van der Waals surface area contributed by atoms with E-state index in [1.165, 1.54) is 22.4 Å². The third kappa shape index (κ3) is 1.38. The van der Waals surface area contributed by atoms with Crippen LogP contribution in [0.2, 0.25) is 0 Å². The molecule has 1 aromatic carbocycles. The zero-order valence-corrected chi connectivity index (χ0v) is 9.33. The lowest BCUT2D eigenvalue weighted by atomic mass is 9.94. The van der Waals surface area contributed by atoms with E-state index >= 15 is 0 Å². The van der Waals surface area contributed by atoms with Crippen molar-refractivity contribution >= 4 is 5.57 Å². The lowest BCUT2D eigenvalue weighted by molar-refractivity contribution is 0.972. The number of aromatic amines is 1. The summed E-state index contributed by atoms with van der Waals surface area (Å²) in [7, 11) is 0. The van der Waals surface area contributed by atoms with Crippen LogP contribution >= 0.6 is 0 Å². The summed E-state index contributed by atoms with van der Waals surface area (Å²) in [6.45, 7) is 2.14. The first-order chi connectivity index (χ1) is 7.86. The van der Waals surface area contributed by atoms with Crippen molar-refractivity contribution in [3.8, 4) is 11.3 Å². The van der Waals surface area contributed by atoms with Gasteiger partial charge < -0.3 is 0 Å². The van der Waals surface area contributed by atoms with Gasteiger partial charge in [0.25, 0.3) is 0 Å². The van der Waals surface area contributed by atoms with E-state index in [4.69, 9.17) is 0 Å². The highest BCUT2D eigenvalue weighted by molar-refractivity contribution is 5.74. The van der Waals surface area contributed by atoms with Crippen molar-refractivity contribution in [2.24, 2.45) is 0 Å². The molecule has 1 aromatic heterocycles. The molecular weight excluding hydrogens is 196 g/mol. The van der Waals surface area contributed by atoms with Gasteiger partial charge in [-0.2, -0.15) is 5.10 Å². The fourth-order valence-corrected chi connectivity index (χ4v) is 2.30. The Hall–Kier alpha value is -1.83. The van der Waals surface area contributed by atoms with E-state index in [2.05, 4.69) is 47.5 Å². The van der Waals surface area contributed by atoms with Crippen LogP contribution in [0.15, 0.2) is 36.4 Å². The molecule has 0 amide bonds. The maximum atomic E-state index is 4.45. The Balaban J connectivity index is 2.15. The number of H-pyrrole nitrogens is 1. The van der Waals surface area contributed by atoms with Crippen LogP contribution in [0, 0.1) is 0 Å². The molecule has 1 aliphatic rings. The summed E-state index contributed by atoms with van der Waals surface area (Å²) < 4.78 is 0. The highest BCUT2D eigenvalue weighted by Crippen LogP contribution is 2.31. The van der Waals surface area contributed by atoms with E-state index in [9.17, 15) is 0 Å². The number of rotatable bonds is 1. The maximum absolute atomic E-state index is 4.45. The average molecular weight is 210 g/mol. The second kappa shape index (κ2) is 3.63. The highest BCUT2D eigenvalue weighted by atomic mass is 15.1. The van der Waals surface area contributed by atoms with Gasteiger partial charge in [0.15, 0.2) is 0 Å². The topological polar surface area (TPSA) is 28.7 Å². The van der Waals surface area contributed by atoms with Crippen LogP contribution in [-0.4, -0.2) is 10.2 Å².